The third-order valence-electron chi connectivity index (χ3n) is 4.44. The summed E-state index contributed by atoms with van der Waals surface area (Å²) in [5.41, 5.74) is 3.16. The second-order valence-corrected chi connectivity index (χ2v) is 6.80. The van der Waals surface area contributed by atoms with E-state index in [0.717, 1.165) is 29.8 Å². The lowest BCUT2D eigenvalue weighted by molar-refractivity contribution is -0.137. The summed E-state index contributed by atoms with van der Waals surface area (Å²) in [6, 6.07) is 9.87. The first-order chi connectivity index (χ1) is 14.3. The summed E-state index contributed by atoms with van der Waals surface area (Å²) in [4.78, 5) is 0. The molecule has 3 nitrogen and oxygen atoms in total. The van der Waals surface area contributed by atoms with Crippen molar-refractivity contribution in [3.05, 3.63) is 83.9 Å². The lowest BCUT2D eigenvalue weighted by Crippen LogP contribution is -2.31. The molecule has 160 valence electrons. The molecule has 0 aromatic heterocycles. The maximum absolute atomic E-state index is 13.0. The average molecular weight is 436 g/mol. The van der Waals surface area contributed by atoms with Crippen LogP contribution in [-0.4, -0.2) is 6.29 Å². The Bertz CT molecular complexity index is 919. The summed E-state index contributed by atoms with van der Waals surface area (Å²) in [6.07, 6.45) is 2.08. The van der Waals surface area contributed by atoms with Gasteiger partial charge < -0.3 is 16.0 Å². The normalized spacial score (nSPS) is 15.7. The van der Waals surface area contributed by atoms with E-state index in [0.29, 0.717) is 11.4 Å². The first-order valence-electron chi connectivity index (χ1n) is 9.44. The molecule has 1 heterocycles. The number of hydrogen-bond acceptors (Lipinski definition) is 3. The Morgan fingerprint density at radius 1 is 1.17 bits per heavy atom. The minimum atomic E-state index is -4.45. The fourth-order valence-electron chi connectivity index (χ4n) is 3.02. The molecule has 0 amide bonds. The standard InChI is InChI=1S/C21H21ClF3N3.C2H4/c1-3-5-6-13(4-2)14-7-9-16(10-8-14)26-20-27-18-12-15(21(23,24)25)11-17(22)19(18)28-20;1-2/h3,5-12,20,26-28H,4H2,1-2H3;1-2H2/b5-3-,13-6+;. The van der Waals surface area contributed by atoms with Crippen LogP contribution in [0.4, 0.5) is 30.2 Å². The molecule has 1 aliphatic rings. The molecule has 7 heteroatoms. The monoisotopic (exact) mass is 435 g/mol. The molecule has 2 aromatic rings. The van der Waals surface area contributed by atoms with E-state index in [-0.39, 0.29) is 5.02 Å². The van der Waals surface area contributed by atoms with Gasteiger partial charge in [-0.2, -0.15) is 13.2 Å². The first-order valence-corrected chi connectivity index (χ1v) is 9.82. The van der Waals surface area contributed by atoms with Gasteiger partial charge in [0.05, 0.1) is 22.0 Å². The predicted octanol–water partition coefficient (Wildman–Crippen LogP) is 7.76. The van der Waals surface area contributed by atoms with E-state index in [1.807, 2.05) is 43.3 Å². The third kappa shape index (κ3) is 5.60. The molecule has 0 radical (unpaired) electrons. The van der Waals surface area contributed by atoms with Gasteiger partial charge in [0.1, 0.15) is 0 Å². The van der Waals surface area contributed by atoms with Crippen molar-refractivity contribution < 1.29 is 13.2 Å². The minimum absolute atomic E-state index is 0.0266. The number of nitrogens with one attached hydrogen (secondary N) is 3. The van der Waals surface area contributed by atoms with Crippen LogP contribution in [0.15, 0.2) is 67.8 Å². The van der Waals surface area contributed by atoms with Crippen LogP contribution in [0, 0.1) is 0 Å². The van der Waals surface area contributed by atoms with Gasteiger partial charge in [0.15, 0.2) is 6.29 Å². The van der Waals surface area contributed by atoms with Gasteiger partial charge >= 0.3 is 6.18 Å². The number of alkyl halides is 3. The smallest absolute Gasteiger partial charge is 0.348 e. The van der Waals surface area contributed by atoms with E-state index < -0.39 is 18.0 Å². The van der Waals surface area contributed by atoms with Crippen molar-refractivity contribution in [2.45, 2.75) is 32.7 Å². The molecule has 1 aliphatic heterocycles. The van der Waals surface area contributed by atoms with E-state index in [4.69, 9.17) is 11.6 Å². The zero-order chi connectivity index (χ0) is 22.3. The van der Waals surface area contributed by atoms with E-state index >= 15 is 0 Å². The topological polar surface area (TPSA) is 36.1 Å². The van der Waals surface area contributed by atoms with Crippen LogP contribution >= 0.6 is 11.6 Å². The van der Waals surface area contributed by atoms with Crippen LogP contribution in [0.1, 0.15) is 31.4 Å². The quantitative estimate of drug-likeness (QED) is 0.331. The highest BCUT2D eigenvalue weighted by molar-refractivity contribution is 6.34. The van der Waals surface area contributed by atoms with Crippen LogP contribution in [-0.2, 0) is 6.18 Å². The van der Waals surface area contributed by atoms with Crippen molar-refractivity contribution in [1.29, 1.82) is 0 Å². The van der Waals surface area contributed by atoms with Crippen molar-refractivity contribution in [2.75, 3.05) is 16.0 Å². The van der Waals surface area contributed by atoms with Gasteiger partial charge in [-0.15, -0.1) is 13.2 Å². The van der Waals surface area contributed by atoms with Crippen LogP contribution in [0.25, 0.3) is 5.57 Å². The Morgan fingerprint density at radius 2 is 1.83 bits per heavy atom. The van der Waals surface area contributed by atoms with Gasteiger partial charge in [-0.25, -0.2) is 0 Å². The molecule has 3 rings (SSSR count). The van der Waals surface area contributed by atoms with Crippen molar-refractivity contribution in [3.63, 3.8) is 0 Å². The van der Waals surface area contributed by atoms with Gasteiger partial charge in [-0.05, 0) is 48.7 Å². The second-order valence-electron chi connectivity index (χ2n) is 6.39. The van der Waals surface area contributed by atoms with Crippen LogP contribution in [0.2, 0.25) is 5.02 Å². The van der Waals surface area contributed by atoms with Gasteiger partial charge in [0.2, 0.25) is 0 Å². The van der Waals surface area contributed by atoms with Crippen LogP contribution < -0.4 is 16.0 Å². The molecule has 0 saturated carbocycles. The molecule has 3 N–H and O–H groups in total. The summed E-state index contributed by atoms with van der Waals surface area (Å²) in [6.45, 7) is 10.1. The predicted molar refractivity (Wildman–Crippen MR) is 122 cm³/mol. The molecule has 2 aromatic carbocycles. The molecule has 0 bridgehead atoms. The lowest BCUT2D eigenvalue weighted by atomic mass is 10.0. The maximum Gasteiger partial charge on any atom is 0.416 e. The van der Waals surface area contributed by atoms with Crippen LogP contribution in [0.3, 0.4) is 0 Å². The molecule has 30 heavy (non-hydrogen) atoms. The summed E-state index contributed by atoms with van der Waals surface area (Å²) in [5.74, 6) is 0. The summed E-state index contributed by atoms with van der Waals surface area (Å²) in [5, 5.41) is 9.28. The Morgan fingerprint density at radius 3 is 2.40 bits per heavy atom. The molecular formula is C23H25ClF3N3. The highest BCUT2D eigenvalue weighted by Gasteiger charge is 2.34. The lowest BCUT2D eigenvalue weighted by Gasteiger charge is -2.16. The van der Waals surface area contributed by atoms with E-state index in [2.05, 4.69) is 42.1 Å². The summed E-state index contributed by atoms with van der Waals surface area (Å²) in [7, 11) is 0. The van der Waals surface area contributed by atoms with Crippen molar-refractivity contribution in [2.24, 2.45) is 0 Å². The molecule has 0 saturated heterocycles. The fraction of sp³-hybridized carbons (Fsp3) is 0.217. The fourth-order valence-corrected chi connectivity index (χ4v) is 3.29. The average Bonchev–Trinajstić information content (AvgIpc) is 3.14. The van der Waals surface area contributed by atoms with Gasteiger partial charge in [-0.1, -0.05) is 48.9 Å². The van der Waals surface area contributed by atoms with Gasteiger partial charge in [0.25, 0.3) is 0 Å². The zero-order valence-electron chi connectivity index (χ0n) is 16.9. The van der Waals surface area contributed by atoms with Crippen LogP contribution in [0.5, 0.6) is 0 Å². The summed E-state index contributed by atoms with van der Waals surface area (Å²) < 4.78 is 38.9. The second kappa shape index (κ2) is 10.3. The largest absolute Gasteiger partial charge is 0.416 e. The molecule has 1 unspecified atom stereocenters. The van der Waals surface area contributed by atoms with Crippen molar-refractivity contribution in [3.8, 4) is 0 Å². The number of anilines is 3. The van der Waals surface area contributed by atoms with Crippen molar-refractivity contribution in [1.82, 2.24) is 0 Å². The van der Waals surface area contributed by atoms with Gasteiger partial charge in [-0.3, -0.25) is 0 Å². The zero-order valence-corrected chi connectivity index (χ0v) is 17.7. The number of allylic oxidation sites excluding steroid dienone is 4. The Hall–Kier alpha value is -2.86. The van der Waals surface area contributed by atoms with E-state index in [9.17, 15) is 13.2 Å². The number of rotatable bonds is 5. The highest BCUT2D eigenvalue weighted by Crippen LogP contribution is 2.41. The molecular weight excluding hydrogens is 411 g/mol. The Kier molecular flexibility index (Phi) is 8.00. The number of hydrogen-bond donors (Lipinski definition) is 3. The van der Waals surface area contributed by atoms with E-state index in [1.165, 1.54) is 5.57 Å². The van der Waals surface area contributed by atoms with Gasteiger partial charge in [0, 0.05) is 5.69 Å². The number of halogens is 4. The highest BCUT2D eigenvalue weighted by atomic mass is 35.5. The first kappa shape index (κ1) is 23.4. The number of benzene rings is 2. The SMILES string of the molecule is C/C=C\C=C(/CC)c1ccc(NC2Nc3cc(C(F)(F)F)cc(Cl)c3N2)cc1.C=C. The Balaban J connectivity index is 0.00000155. The Labute approximate surface area is 180 Å². The number of fused-ring (bicyclic) bond motifs is 1. The molecule has 0 fully saturated rings. The molecule has 1 atom stereocenters. The minimum Gasteiger partial charge on any atom is -0.348 e. The summed E-state index contributed by atoms with van der Waals surface area (Å²) >= 11 is 6.02. The third-order valence-corrected chi connectivity index (χ3v) is 4.74. The van der Waals surface area contributed by atoms with Crippen molar-refractivity contribution >= 4 is 34.2 Å². The molecule has 0 spiro atoms. The van der Waals surface area contributed by atoms with E-state index in [1.54, 1.807) is 0 Å². The maximum atomic E-state index is 13.0. The molecule has 0 aliphatic carbocycles.